The third-order valence-corrected chi connectivity index (χ3v) is 3.29. The molecular formula is C13H17NO2. The molecule has 0 spiro atoms. The fraction of sp³-hybridized carbons (Fsp3) is 0.462. The van der Waals surface area contributed by atoms with Crippen LogP contribution in [0.2, 0.25) is 0 Å². The van der Waals surface area contributed by atoms with Crippen LogP contribution in [0.4, 0.5) is 0 Å². The van der Waals surface area contributed by atoms with Crippen LogP contribution < -0.4 is 5.32 Å². The van der Waals surface area contributed by atoms with Gasteiger partial charge in [0.15, 0.2) is 0 Å². The number of benzene rings is 1. The van der Waals surface area contributed by atoms with Crippen LogP contribution in [0.1, 0.15) is 41.7 Å². The van der Waals surface area contributed by atoms with Crippen LogP contribution in [-0.4, -0.2) is 17.6 Å². The second-order valence-electron chi connectivity index (χ2n) is 4.48. The van der Waals surface area contributed by atoms with Gasteiger partial charge in [-0.3, -0.25) is 0 Å². The van der Waals surface area contributed by atoms with Gasteiger partial charge in [-0.15, -0.1) is 0 Å². The van der Waals surface area contributed by atoms with Crippen LogP contribution in [0.5, 0.6) is 0 Å². The third-order valence-electron chi connectivity index (χ3n) is 3.29. The molecule has 0 aromatic heterocycles. The van der Waals surface area contributed by atoms with Gasteiger partial charge in [0.25, 0.3) is 0 Å². The molecule has 0 aliphatic carbocycles. The van der Waals surface area contributed by atoms with Crippen molar-refractivity contribution in [3.8, 4) is 0 Å². The summed E-state index contributed by atoms with van der Waals surface area (Å²) in [6, 6.07) is 7.57. The third kappa shape index (κ3) is 2.25. The molecule has 2 N–H and O–H groups in total. The van der Waals surface area contributed by atoms with Gasteiger partial charge in [0, 0.05) is 6.04 Å². The molecule has 0 amide bonds. The molecule has 16 heavy (non-hydrogen) atoms. The molecule has 1 saturated heterocycles. The number of rotatable bonds is 2. The second-order valence-corrected chi connectivity index (χ2v) is 4.48. The van der Waals surface area contributed by atoms with Gasteiger partial charge in [0.1, 0.15) is 0 Å². The zero-order valence-corrected chi connectivity index (χ0v) is 9.44. The quantitative estimate of drug-likeness (QED) is 0.803. The van der Waals surface area contributed by atoms with Crippen LogP contribution in [-0.2, 0) is 0 Å². The van der Waals surface area contributed by atoms with E-state index in [1.807, 2.05) is 12.1 Å². The zero-order valence-electron chi connectivity index (χ0n) is 9.44. The van der Waals surface area contributed by atoms with E-state index in [9.17, 15) is 4.79 Å². The lowest BCUT2D eigenvalue weighted by Gasteiger charge is -2.30. The van der Waals surface area contributed by atoms with E-state index in [-0.39, 0.29) is 0 Å². The van der Waals surface area contributed by atoms with Crippen molar-refractivity contribution >= 4 is 5.97 Å². The lowest BCUT2D eigenvalue weighted by atomic mass is 9.87. The van der Waals surface area contributed by atoms with E-state index in [1.165, 1.54) is 18.4 Å². The highest BCUT2D eigenvalue weighted by Gasteiger charge is 2.22. The lowest BCUT2D eigenvalue weighted by molar-refractivity contribution is 0.0697. The molecule has 0 radical (unpaired) electrons. The summed E-state index contributed by atoms with van der Waals surface area (Å²) in [6.07, 6.45) is 2.46. The lowest BCUT2D eigenvalue weighted by Crippen LogP contribution is -2.32. The van der Waals surface area contributed by atoms with Crippen molar-refractivity contribution < 1.29 is 9.90 Å². The minimum absolute atomic E-state index is 0.354. The SMILES string of the molecule is CC1CCCNC1c1ccc(C(=O)O)cc1. The molecule has 1 aromatic rings. The first-order valence-electron chi connectivity index (χ1n) is 5.75. The minimum Gasteiger partial charge on any atom is -0.478 e. The molecule has 0 saturated carbocycles. The normalized spacial score (nSPS) is 25.3. The average Bonchev–Trinajstić information content (AvgIpc) is 2.30. The highest BCUT2D eigenvalue weighted by molar-refractivity contribution is 5.87. The summed E-state index contributed by atoms with van der Waals surface area (Å²) in [7, 11) is 0. The van der Waals surface area contributed by atoms with Gasteiger partial charge in [-0.1, -0.05) is 19.1 Å². The Labute approximate surface area is 95.5 Å². The smallest absolute Gasteiger partial charge is 0.335 e. The molecule has 1 heterocycles. The Morgan fingerprint density at radius 2 is 2.06 bits per heavy atom. The Morgan fingerprint density at radius 3 is 2.62 bits per heavy atom. The first kappa shape index (κ1) is 11.1. The maximum absolute atomic E-state index is 10.7. The summed E-state index contributed by atoms with van der Waals surface area (Å²) in [4.78, 5) is 10.7. The Kier molecular flexibility index (Phi) is 3.25. The second kappa shape index (κ2) is 4.66. The first-order chi connectivity index (χ1) is 7.68. The molecule has 3 heteroatoms. The molecule has 0 bridgehead atoms. The summed E-state index contributed by atoms with van der Waals surface area (Å²) in [5.41, 5.74) is 1.55. The van der Waals surface area contributed by atoms with Crippen LogP contribution in [0.15, 0.2) is 24.3 Å². The topological polar surface area (TPSA) is 49.3 Å². The average molecular weight is 219 g/mol. The standard InChI is InChI=1S/C13H17NO2/c1-9-3-2-8-14-12(9)10-4-6-11(7-5-10)13(15)16/h4-7,9,12,14H,2-3,8H2,1H3,(H,15,16). The Bertz CT molecular complexity index is 372. The number of hydrogen-bond donors (Lipinski definition) is 2. The molecule has 86 valence electrons. The van der Waals surface area contributed by atoms with Crippen LogP contribution in [0.3, 0.4) is 0 Å². The monoisotopic (exact) mass is 219 g/mol. The van der Waals surface area contributed by atoms with E-state index in [4.69, 9.17) is 5.11 Å². The molecule has 1 aromatic carbocycles. The van der Waals surface area contributed by atoms with Crippen LogP contribution in [0, 0.1) is 5.92 Å². The fourth-order valence-corrected chi connectivity index (χ4v) is 2.33. The predicted octanol–water partition coefficient (Wildman–Crippen LogP) is 2.45. The van der Waals surface area contributed by atoms with Crippen LogP contribution in [0.25, 0.3) is 0 Å². The van der Waals surface area contributed by atoms with E-state index in [2.05, 4.69) is 12.2 Å². The maximum Gasteiger partial charge on any atom is 0.335 e. The molecule has 2 rings (SSSR count). The van der Waals surface area contributed by atoms with Gasteiger partial charge in [-0.2, -0.15) is 0 Å². The number of hydrogen-bond acceptors (Lipinski definition) is 2. The van der Waals surface area contributed by atoms with E-state index in [0.29, 0.717) is 17.5 Å². The molecule has 1 aliphatic heterocycles. The van der Waals surface area contributed by atoms with E-state index >= 15 is 0 Å². The van der Waals surface area contributed by atoms with E-state index in [1.54, 1.807) is 12.1 Å². The number of aromatic carboxylic acids is 1. The molecular weight excluding hydrogens is 202 g/mol. The molecule has 2 unspecified atom stereocenters. The Hall–Kier alpha value is -1.35. The van der Waals surface area contributed by atoms with Gasteiger partial charge in [-0.05, 0) is 43.0 Å². The van der Waals surface area contributed by atoms with Crippen LogP contribution >= 0.6 is 0 Å². The van der Waals surface area contributed by atoms with Gasteiger partial charge in [-0.25, -0.2) is 4.79 Å². The summed E-state index contributed by atoms with van der Waals surface area (Å²) in [5.74, 6) is -0.249. The van der Waals surface area contributed by atoms with E-state index in [0.717, 1.165) is 6.54 Å². The number of carboxylic acids is 1. The van der Waals surface area contributed by atoms with Crippen molar-refractivity contribution in [3.05, 3.63) is 35.4 Å². The van der Waals surface area contributed by atoms with Gasteiger partial charge < -0.3 is 10.4 Å². The van der Waals surface area contributed by atoms with Gasteiger partial charge in [0.05, 0.1) is 5.56 Å². The number of carboxylic acid groups (broad SMARTS) is 1. The molecule has 3 nitrogen and oxygen atoms in total. The highest BCUT2D eigenvalue weighted by Crippen LogP contribution is 2.28. The predicted molar refractivity (Wildman–Crippen MR) is 62.5 cm³/mol. The summed E-state index contributed by atoms with van der Waals surface area (Å²) >= 11 is 0. The molecule has 1 fully saturated rings. The minimum atomic E-state index is -0.865. The van der Waals surface area contributed by atoms with Gasteiger partial charge >= 0.3 is 5.97 Å². The number of piperidine rings is 1. The fourth-order valence-electron chi connectivity index (χ4n) is 2.33. The van der Waals surface area contributed by atoms with Crippen molar-refractivity contribution in [2.45, 2.75) is 25.8 Å². The molecule has 2 atom stereocenters. The number of carbonyl (C=O) groups is 1. The zero-order chi connectivity index (χ0) is 11.5. The molecule has 1 aliphatic rings. The van der Waals surface area contributed by atoms with Crippen molar-refractivity contribution in [1.82, 2.24) is 5.32 Å². The van der Waals surface area contributed by atoms with Crippen molar-refractivity contribution in [2.75, 3.05) is 6.54 Å². The first-order valence-corrected chi connectivity index (χ1v) is 5.75. The number of nitrogens with one attached hydrogen (secondary N) is 1. The largest absolute Gasteiger partial charge is 0.478 e. The Morgan fingerprint density at radius 1 is 1.38 bits per heavy atom. The maximum atomic E-state index is 10.7. The highest BCUT2D eigenvalue weighted by atomic mass is 16.4. The van der Waals surface area contributed by atoms with Gasteiger partial charge in [0.2, 0.25) is 0 Å². The van der Waals surface area contributed by atoms with Crippen molar-refractivity contribution in [2.24, 2.45) is 5.92 Å². The summed E-state index contributed by atoms with van der Waals surface area (Å²) in [5, 5.41) is 12.3. The van der Waals surface area contributed by atoms with Crippen molar-refractivity contribution in [3.63, 3.8) is 0 Å². The van der Waals surface area contributed by atoms with Crippen molar-refractivity contribution in [1.29, 1.82) is 0 Å². The Balaban J connectivity index is 2.17. The summed E-state index contributed by atoms with van der Waals surface area (Å²) in [6.45, 7) is 3.29. The van der Waals surface area contributed by atoms with E-state index < -0.39 is 5.97 Å². The summed E-state index contributed by atoms with van der Waals surface area (Å²) < 4.78 is 0.